The predicted octanol–water partition coefficient (Wildman–Crippen LogP) is 3.76. The molecule has 0 aliphatic heterocycles. The van der Waals surface area contributed by atoms with Crippen molar-refractivity contribution in [2.45, 2.75) is 26.1 Å². The van der Waals surface area contributed by atoms with E-state index in [0.29, 0.717) is 34.1 Å². The molecular formula is C22H30O6. The number of rotatable bonds is 9. The Bertz CT molecular complexity index is 710. The Morgan fingerprint density at radius 1 is 0.571 bits per heavy atom. The second-order valence-corrected chi connectivity index (χ2v) is 6.84. The van der Waals surface area contributed by atoms with Crippen molar-refractivity contribution in [3.05, 3.63) is 47.5 Å². The van der Waals surface area contributed by atoms with Crippen molar-refractivity contribution in [1.82, 2.24) is 0 Å². The standard InChI is InChI=1S/C22H30O6/c1-13(21(23)15-7-9-17(25-3)19(11-15)27-5)14(2)22(24)16-8-10-18(26-4)20(12-16)28-6/h7-14,21-24H,1-6H3. The van der Waals surface area contributed by atoms with Gasteiger partial charge in [-0.15, -0.1) is 0 Å². The van der Waals surface area contributed by atoms with Crippen molar-refractivity contribution < 1.29 is 29.2 Å². The Hall–Kier alpha value is -2.44. The molecular weight excluding hydrogens is 360 g/mol. The normalized spacial score (nSPS) is 15.3. The van der Waals surface area contributed by atoms with E-state index in [1.807, 2.05) is 13.8 Å². The van der Waals surface area contributed by atoms with E-state index in [4.69, 9.17) is 18.9 Å². The molecule has 28 heavy (non-hydrogen) atoms. The van der Waals surface area contributed by atoms with Crippen LogP contribution in [0.3, 0.4) is 0 Å². The van der Waals surface area contributed by atoms with Crippen LogP contribution >= 0.6 is 0 Å². The average molecular weight is 390 g/mol. The van der Waals surface area contributed by atoms with Gasteiger partial charge in [-0.2, -0.15) is 0 Å². The summed E-state index contributed by atoms with van der Waals surface area (Å²) in [5.41, 5.74) is 1.41. The fourth-order valence-electron chi connectivity index (χ4n) is 3.26. The third-order valence-corrected chi connectivity index (χ3v) is 5.32. The van der Waals surface area contributed by atoms with Crippen molar-refractivity contribution in [3.63, 3.8) is 0 Å². The number of aliphatic hydroxyl groups excluding tert-OH is 2. The minimum atomic E-state index is -0.774. The smallest absolute Gasteiger partial charge is 0.161 e. The Balaban J connectivity index is 2.22. The van der Waals surface area contributed by atoms with E-state index in [1.54, 1.807) is 64.8 Å². The highest BCUT2D eigenvalue weighted by Gasteiger charge is 2.29. The van der Waals surface area contributed by atoms with Crippen molar-refractivity contribution in [2.75, 3.05) is 28.4 Å². The first kappa shape index (κ1) is 21.9. The molecule has 2 rings (SSSR count). The fraction of sp³-hybridized carbons (Fsp3) is 0.455. The lowest BCUT2D eigenvalue weighted by Gasteiger charge is -2.30. The molecule has 4 unspecified atom stereocenters. The van der Waals surface area contributed by atoms with Gasteiger partial charge in [-0.25, -0.2) is 0 Å². The van der Waals surface area contributed by atoms with Gasteiger partial charge in [0, 0.05) is 0 Å². The summed E-state index contributed by atoms with van der Waals surface area (Å²) in [6.45, 7) is 3.83. The molecule has 0 amide bonds. The van der Waals surface area contributed by atoms with E-state index in [9.17, 15) is 10.2 Å². The molecule has 6 heteroatoms. The zero-order valence-corrected chi connectivity index (χ0v) is 17.3. The summed E-state index contributed by atoms with van der Waals surface area (Å²) >= 11 is 0. The molecule has 0 aromatic heterocycles. The lowest BCUT2D eigenvalue weighted by Crippen LogP contribution is -2.23. The molecule has 0 aliphatic rings. The van der Waals surface area contributed by atoms with E-state index in [0.717, 1.165) is 0 Å². The Kier molecular flexibility index (Phi) is 7.54. The number of hydrogen-bond donors (Lipinski definition) is 2. The molecule has 6 nitrogen and oxygen atoms in total. The number of methoxy groups -OCH3 is 4. The van der Waals surface area contributed by atoms with Crippen molar-refractivity contribution in [3.8, 4) is 23.0 Å². The van der Waals surface area contributed by atoms with Gasteiger partial charge >= 0.3 is 0 Å². The van der Waals surface area contributed by atoms with Crippen LogP contribution in [0.1, 0.15) is 37.2 Å². The summed E-state index contributed by atoms with van der Waals surface area (Å²) < 4.78 is 21.1. The number of benzene rings is 2. The van der Waals surface area contributed by atoms with Gasteiger partial charge in [-0.05, 0) is 47.2 Å². The van der Waals surface area contributed by atoms with Crippen LogP contribution < -0.4 is 18.9 Å². The summed E-state index contributed by atoms with van der Waals surface area (Å²) in [6.07, 6.45) is -1.55. The first-order chi connectivity index (χ1) is 13.4. The summed E-state index contributed by atoms with van der Waals surface area (Å²) in [5, 5.41) is 21.7. The zero-order valence-electron chi connectivity index (χ0n) is 17.3. The van der Waals surface area contributed by atoms with Crippen LogP contribution in [0.5, 0.6) is 23.0 Å². The third kappa shape index (κ3) is 4.51. The van der Waals surface area contributed by atoms with Crippen LogP contribution in [0.2, 0.25) is 0 Å². The van der Waals surface area contributed by atoms with E-state index < -0.39 is 12.2 Å². The first-order valence-corrected chi connectivity index (χ1v) is 9.17. The molecule has 0 spiro atoms. The van der Waals surface area contributed by atoms with Crippen LogP contribution in [-0.4, -0.2) is 38.7 Å². The highest BCUT2D eigenvalue weighted by molar-refractivity contribution is 5.44. The van der Waals surface area contributed by atoms with E-state index in [2.05, 4.69) is 0 Å². The minimum Gasteiger partial charge on any atom is -0.493 e. The van der Waals surface area contributed by atoms with Gasteiger partial charge in [-0.1, -0.05) is 26.0 Å². The topological polar surface area (TPSA) is 77.4 Å². The van der Waals surface area contributed by atoms with Crippen molar-refractivity contribution in [2.24, 2.45) is 11.8 Å². The van der Waals surface area contributed by atoms with Crippen LogP contribution in [0.25, 0.3) is 0 Å². The Labute approximate surface area is 166 Å². The van der Waals surface area contributed by atoms with E-state index in [-0.39, 0.29) is 11.8 Å². The number of ether oxygens (including phenoxy) is 4. The molecule has 0 radical (unpaired) electrons. The van der Waals surface area contributed by atoms with Gasteiger partial charge < -0.3 is 29.2 Å². The molecule has 0 aliphatic carbocycles. The molecule has 0 bridgehead atoms. The first-order valence-electron chi connectivity index (χ1n) is 9.17. The molecule has 0 fully saturated rings. The molecule has 2 N–H and O–H groups in total. The second kappa shape index (κ2) is 9.66. The van der Waals surface area contributed by atoms with Gasteiger partial charge in [-0.3, -0.25) is 0 Å². The second-order valence-electron chi connectivity index (χ2n) is 6.84. The molecule has 4 atom stereocenters. The molecule has 0 saturated carbocycles. The van der Waals surface area contributed by atoms with Gasteiger partial charge in [0.1, 0.15) is 0 Å². The third-order valence-electron chi connectivity index (χ3n) is 5.32. The van der Waals surface area contributed by atoms with Crippen molar-refractivity contribution in [1.29, 1.82) is 0 Å². The average Bonchev–Trinajstić information content (AvgIpc) is 2.75. The van der Waals surface area contributed by atoms with Crippen LogP contribution in [0, 0.1) is 11.8 Å². The maximum atomic E-state index is 10.9. The van der Waals surface area contributed by atoms with Crippen LogP contribution in [0.15, 0.2) is 36.4 Å². The zero-order chi connectivity index (χ0) is 20.8. The molecule has 2 aromatic rings. The molecule has 2 aromatic carbocycles. The van der Waals surface area contributed by atoms with Gasteiger partial charge in [0.2, 0.25) is 0 Å². The van der Waals surface area contributed by atoms with Gasteiger partial charge in [0.15, 0.2) is 23.0 Å². The maximum absolute atomic E-state index is 10.9. The largest absolute Gasteiger partial charge is 0.493 e. The summed E-state index contributed by atoms with van der Waals surface area (Å²) in [7, 11) is 6.25. The summed E-state index contributed by atoms with van der Waals surface area (Å²) in [6, 6.07) is 10.7. The SMILES string of the molecule is COc1ccc(C(O)C(C)C(C)C(O)c2ccc(OC)c(OC)c2)cc1OC. The highest BCUT2D eigenvalue weighted by Crippen LogP contribution is 2.39. The lowest BCUT2D eigenvalue weighted by atomic mass is 9.81. The lowest BCUT2D eigenvalue weighted by molar-refractivity contribution is 0.0209. The van der Waals surface area contributed by atoms with E-state index in [1.165, 1.54) is 0 Å². The minimum absolute atomic E-state index is 0.221. The quantitative estimate of drug-likeness (QED) is 0.679. The molecule has 154 valence electrons. The Morgan fingerprint density at radius 3 is 1.18 bits per heavy atom. The highest BCUT2D eigenvalue weighted by atomic mass is 16.5. The van der Waals surface area contributed by atoms with Gasteiger partial charge in [0.25, 0.3) is 0 Å². The monoisotopic (exact) mass is 390 g/mol. The maximum Gasteiger partial charge on any atom is 0.161 e. The van der Waals surface area contributed by atoms with Crippen LogP contribution in [-0.2, 0) is 0 Å². The van der Waals surface area contributed by atoms with Crippen LogP contribution in [0.4, 0.5) is 0 Å². The van der Waals surface area contributed by atoms with Gasteiger partial charge in [0.05, 0.1) is 40.6 Å². The predicted molar refractivity (Wildman–Crippen MR) is 107 cm³/mol. The fourth-order valence-corrected chi connectivity index (χ4v) is 3.26. The number of aliphatic hydroxyl groups is 2. The van der Waals surface area contributed by atoms with E-state index >= 15 is 0 Å². The summed E-state index contributed by atoms with van der Waals surface area (Å²) in [4.78, 5) is 0. The summed E-state index contributed by atoms with van der Waals surface area (Å²) in [5.74, 6) is 1.87. The molecule has 0 saturated heterocycles. The molecule has 0 heterocycles. The Morgan fingerprint density at radius 2 is 0.893 bits per heavy atom. The number of hydrogen-bond acceptors (Lipinski definition) is 6. The van der Waals surface area contributed by atoms with Crippen molar-refractivity contribution >= 4 is 0 Å².